The Balaban J connectivity index is 2.02. The molecule has 0 amide bonds. The minimum Gasteiger partial charge on any atom is -0.381 e. The molecule has 0 spiro atoms. The number of alkyl halides is 3. The molecule has 0 aromatic heterocycles. The molecule has 1 fully saturated rings. The smallest absolute Gasteiger partial charge is 0.381 e. The summed E-state index contributed by atoms with van der Waals surface area (Å²) in [6.45, 7) is 0. The number of hydrogen-bond donors (Lipinski definition) is 2. The van der Waals surface area contributed by atoms with Crippen molar-refractivity contribution in [3.05, 3.63) is 29.8 Å². The molecule has 1 aliphatic rings. The summed E-state index contributed by atoms with van der Waals surface area (Å²) in [5, 5.41) is 3.22. The molecule has 18 heavy (non-hydrogen) atoms. The number of benzene rings is 1. The van der Waals surface area contributed by atoms with Gasteiger partial charge in [0, 0.05) is 17.8 Å². The molecule has 100 valence electrons. The molecule has 5 heteroatoms. The van der Waals surface area contributed by atoms with Crippen LogP contribution in [-0.2, 0) is 6.18 Å². The SMILES string of the molecule is NC1CCCCC1Nc1ccc(C(F)(F)F)cc1. The summed E-state index contributed by atoms with van der Waals surface area (Å²) < 4.78 is 37.2. The van der Waals surface area contributed by atoms with Crippen molar-refractivity contribution < 1.29 is 13.2 Å². The standard InChI is InChI=1S/C13H17F3N2/c14-13(15,16)9-5-7-10(8-6-9)18-12-4-2-1-3-11(12)17/h5-8,11-12,18H,1-4,17H2. The van der Waals surface area contributed by atoms with E-state index in [-0.39, 0.29) is 12.1 Å². The maximum Gasteiger partial charge on any atom is 0.416 e. The summed E-state index contributed by atoms with van der Waals surface area (Å²) in [7, 11) is 0. The van der Waals surface area contributed by atoms with Crippen LogP contribution >= 0.6 is 0 Å². The van der Waals surface area contributed by atoms with E-state index < -0.39 is 11.7 Å². The van der Waals surface area contributed by atoms with Gasteiger partial charge in [-0.1, -0.05) is 12.8 Å². The van der Waals surface area contributed by atoms with Crippen molar-refractivity contribution >= 4 is 5.69 Å². The summed E-state index contributed by atoms with van der Waals surface area (Å²) in [6.07, 6.45) is -0.0847. The van der Waals surface area contributed by atoms with Gasteiger partial charge in [-0.3, -0.25) is 0 Å². The Bertz CT molecular complexity index is 386. The van der Waals surface area contributed by atoms with Crippen LogP contribution in [0.4, 0.5) is 18.9 Å². The van der Waals surface area contributed by atoms with Crippen molar-refractivity contribution in [1.82, 2.24) is 0 Å². The Kier molecular flexibility index (Phi) is 3.80. The molecule has 0 radical (unpaired) electrons. The quantitative estimate of drug-likeness (QED) is 0.853. The van der Waals surface area contributed by atoms with E-state index in [0.29, 0.717) is 5.69 Å². The number of nitrogens with two attached hydrogens (primary N) is 1. The summed E-state index contributed by atoms with van der Waals surface area (Å²) in [5.74, 6) is 0. The fourth-order valence-electron chi connectivity index (χ4n) is 2.31. The zero-order chi connectivity index (χ0) is 13.2. The second-order valence-electron chi connectivity index (χ2n) is 4.77. The van der Waals surface area contributed by atoms with E-state index in [0.717, 1.165) is 37.8 Å². The molecule has 1 aliphatic carbocycles. The fourth-order valence-corrected chi connectivity index (χ4v) is 2.31. The van der Waals surface area contributed by atoms with Crippen molar-refractivity contribution in [3.63, 3.8) is 0 Å². The van der Waals surface area contributed by atoms with Crippen LogP contribution in [0.5, 0.6) is 0 Å². The van der Waals surface area contributed by atoms with Gasteiger partial charge in [-0.15, -0.1) is 0 Å². The van der Waals surface area contributed by atoms with Gasteiger partial charge in [0.1, 0.15) is 0 Å². The highest BCUT2D eigenvalue weighted by Gasteiger charge is 2.30. The van der Waals surface area contributed by atoms with E-state index in [9.17, 15) is 13.2 Å². The van der Waals surface area contributed by atoms with E-state index >= 15 is 0 Å². The van der Waals surface area contributed by atoms with Crippen LogP contribution < -0.4 is 11.1 Å². The largest absolute Gasteiger partial charge is 0.416 e. The maximum atomic E-state index is 12.4. The topological polar surface area (TPSA) is 38.0 Å². The summed E-state index contributed by atoms with van der Waals surface area (Å²) >= 11 is 0. The first kappa shape index (κ1) is 13.2. The van der Waals surface area contributed by atoms with Gasteiger partial charge in [0.25, 0.3) is 0 Å². The normalized spacial score (nSPS) is 24.9. The van der Waals surface area contributed by atoms with Crippen LogP contribution in [-0.4, -0.2) is 12.1 Å². The Morgan fingerprint density at radius 2 is 1.67 bits per heavy atom. The van der Waals surface area contributed by atoms with Gasteiger partial charge in [-0.25, -0.2) is 0 Å². The molecule has 1 aromatic rings. The first-order chi connectivity index (χ1) is 8.47. The average molecular weight is 258 g/mol. The first-order valence-corrected chi connectivity index (χ1v) is 6.16. The Hall–Kier alpha value is -1.23. The molecule has 2 rings (SSSR count). The van der Waals surface area contributed by atoms with Crippen LogP contribution in [0.1, 0.15) is 31.2 Å². The van der Waals surface area contributed by atoms with Crippen LogP contribution in [0.3, 0.4) is 0 Å². The lowest BCUT2D eigenvalue weighted by Crippen LogP contribution is -2.42. The van der Waals surface area contributed by atoms with Crippen molar-refractivity contribution in [2.75, 3.05) is 5.32 Å². The third-order valence-electron chi connectivity index (χ3n) is 3.38. The number of hydrogen-bond acceptors (Lipinski definition) is 2. The van der Waals surface area contributed by atoms with Crippen molar-refractivity contribution in [3.8, 4) is 0 Å². The molecule has 1 aromatic carbocycles. The molecular formula is C13H17F3N2. The fraction of sp³-hybridized carbons (Fsp3) is 0.538. The highest BCUT2D eigenvalue weighted by Crippen LogP contribution is 2.30. The van der Waals surface area contributed by atoms with Crippen molar-refractivity contribution in [2.45, 2.75) is 43.9 Å². The van der Waals surface area contributed by atoms with Gasteiger partial charge < -0.3 is 11.1 Å². The van der Waals surface area contributed by atoms with E-state index in [4.69, 9.17) is 5.73 Å². The highest BCUT2D eigenvalue weighted by atomic mass is 19.4. The third kappa shape index (κ3) is 3.16. The van der Waals surface area contributed by atoms with Gasteiger partial charge in [0.15, 0.2) is 0 Å². The van der Waals surface area contributed by atoms with Gasteiger partial charge in [0.2, 0.25) is 0 Å². The molecular weight excluding hydrogens is 241 g/mol. The number of rotatable bonds is 2. The third-order valence-corrected chi connectivity index (χ3v) is 3.38. The summed E-state index contributed by atoms with van der Waals surface area (Å²) in [4.78, 5) is 0. The summed E-state index contributed by atoms with van der Waals surface area (Å²) in [5.41, 5.74) is 6.06. The molecule has 2 atom stereocenters. The van der Waals surface area contributed by atoms with Gasteiger partial charge in [-0.05, 0) is 37.1 Å². The van der Waals surface area contributed by atoms with Crippen LogP contribution in [0.2, 0.25) is 0 Å². The zero-order valence-corrected chi connectivity index (χ0v) is 10.0. The Morgan fingerprint density at radius 1 is 1.06 bits per heavy atom. The second kappa shape index (κ2) is 5.18. The zero-order valence-electron chi connectivity index (χ0n) is 10.0. The molecule has 3 N–H and O–H groups in total. The molecule has 0 aliphatic heterocycles. The lowest BCUT2D eigenvalue weighted by atomic mass is 9.91. The molecule has 0 heterocycles. The van der Waals surface area contributed by atoms with Crippen LogP contribution in [0.15, 0.2) is 24.3 Å². The van der Waals surface area contributed by atoms with E-state index in [1.54, 1.807) is 0 Å². The maximum absolute atomic E-state index is 12.4. The molecule has 1 saturated carbocycles. The molecule has 2 unspecified atom stereocenters. The predicted octanol–water partition coefficient (Wildman–Crippen LogP) is 3.39. The Labute approximate surface area is 104 Å². The predicted molar refractivity (Wildman–Crippen MR) is 65.3 cm³/mol. The van der Waals surface area contributed by atoms with Gasteiger partial charge >= 0.3 is 6.18 Å². The second-order valence-corrected chi connectivity index (χ2v) is 4.77. The lowest BCUT2D eigenvalue weighted by Gasteiger charge is -2.30. The highest BCUT2D eigenvalue weighted by molar-refractivity contribution is 5.46. The Morgan fingerprint density at radius 3 is 2.22 bits per heavy atom. The van der Waals surface area contributed by atoms with Crippen molar-refractivity contribution in [1.29, 1.82) is 0 Å². The monoisotopic (exact) mass is 258 g/mol. The van der Waals surface area contributed by atoms with Gasteiger partial charge in [-0.2, -0.15) is 13.2 Å². The minimum atomic E-state index is -4.28. The first-order valence-electron chi connectivity index (χ1n) is 6.16. The van der Waals surface area contributed by atoms with Gasteiger partial charge in [0.05, 0.1) is 5.56 Å². The molecule has 0 saturated heterocycles. The molecule has 2 nitrogen and oxygen atoms in total. The minimum absolute atomic E-state index is 0.0843. The van der Waals surface area contributed by atoms with E-state index in [1.807, 2.05) is 0 Å². The van der Waals surface area contributed by atoms with Crippen molar-refractivity contribution in [2.24, 2.45) is 5.73 Å². The average Bonchev–Trinajstić information content (AvgIpc) is 2.32. The lowest BCUT2D eigenvalue weighted by molar-refractivity contribution is -0.137. The van der Waals surface area contributed by atoms with E-state index in [1.165, 1.54) is 12.1 Å². The van der Waals surface area contributed by atoms with Crippen LogP contribution in [0.25, 0.3) is 0 Å². The van der Waals surface area contributed by atoms with Crippen LogP contribution in [0, 0.1) is 0 Å². The number of nitrogens with one attached hydrogen (secondary N) is 1. The number of halogens is 3. The molecule has 0 bridgehead atoms. The number of anilines is 1. The summed E-state index contributed by atoms with van der Waals surface area (Å²) in [6, 6.07) is 5.36. The van der Waals surface area contributed by atoms with E-state index in [2.05, 4.69) is 5.32 Å².